The number of nitro benzene ring substituents is 1. The molecule has 0 aliphatic carbocycles. The summed E-state index contributed by atoms with van der Waals surface area (Å²) in [5, 5.41) is 14.1. The highest BCUT2D eigenvalue weighted by molar-refractivity contribution is 5.78. The van der Waals surface area contributed by atoms with E-state index in [9.17, 15) is 14.9 Å². The second kappa shape index (κ2) is 7.17. The SMILES string of the molecule is CN(CC1CCCCN1)C(=O)Cc1cccc([N+](=O)[O-])c1. The molecule has 1 heterocycles. The Hall–Kier alpha value is -1.95. The lowest BCUT2D eigenvalue weighted by atomic mass is 10.0. The van der Waals surface area contributed by atoms with Gasteiger partial charge >= 0.3 is 0 Å². The average molecular weight is 291 g/mol. The Morgan fingerprint density at radius 3 is 2.95 bits per heavy atom. The minimum atomic E-state index is -0.441. The summed E-state index contributed by atoms with van der Waals surface area (Å²) in [6.45, 7) is 1.70. The van der Waals surface area contributed by atoms with E-state index in [0.717, 1.165) is 13.0 Å². The maximum Gasteiger partial charge on any atom is 0.269 e. The molecule has 0 aromatic heterocycles. The second-order valence-electron chi connectivity index (χ2n) is 5.52. The van der Waals surface area contributed by atoms with Crippen molar-refractivity contribution in [3.05, 3.63) is 39.9 Å². The van der Waals surface area contributed by atoms with E-state index >= 15 is 0 Å². The highest BCUT2D eigenvalue weighted by atomic mass is 16.6. The van der Waals surface area contributed by atoms with Gasteiger partial charge in [-0.2, -0.15) is 0 Å². The fraction of sp³-hybridized carbons (Fsp3) is 0.533. The Balaban J connectivity index is 1.90. The first-order valence-electron chi connectivity index (χ1n) is 7.27. The van der Waals surface area contributed by atoms with Crippen molar-refractivity contribution >= 4 is 11.6 Å². The van der Waals surface area contributed by atoms with Gasteiger partial charge in [0.2, 0.25) is 5.91 Å². The second-order valence-corrected chi connectivity index (χ2v) is 5.52. The van der Waals surface area contributed by atoms with Gasteiger partial charge in [0, 0.05) is 31.8 Å². The van der Waals surface area contributed by atoms with Gasteiger partial charge in [-0.15, -0.1) is 0 Å². The molecule has 1 aromatic rings. The summed E-state index contributed by atoms with van der Waals surface area (Å²) in [5.41, 5.74) is 0.703. The smallest absolute Gasteiger partial charge is 0.269 e. The van der Waals surface area contributed by atoms with Crippen molar-refractivity contribution in [3.63, 3.8) is 0 Å². The average Bonchev–Trinajstić information content (AvgIpc) is 2.48. The summed E-state index contributed by atoms with van der Waals surface area (Å²) in [7, 11) is 1.79. The van der Waals surface area contributed by atoms with E-state index < -0.39 is 4.92 Å². The number of piperidine rings is 1. The fourth-order valence-corrected chi connectivity index (χ4v) is 2.60. The van der Waals surface area contributed by atoms with Crippen LogP contribution in [0, 0.1) is 10.1 Å². The predicted molar refractivity (Wildman–Crippen MR) is 80.1 cm³/mol. The summed E-state index contributed by atoms with van der Waals surface area (Å²) in [6.07, 6.45) is 3.69. The predicted octanol–water partition coefficient (Wildman–Crippen LogP) is 1.74. The molecular weight excluding hydrogens is 270 g/mol. The molecule has 21 heavy (non-hydrogen) atoms. The van der Waals surface area contributed by atoms with Crippen LogP contribution < -0.4 is 5.32 Å². The van der Waals surface area contributed by atoms with Crippen LogP contribution in [0.4, 0.5) is 5.69 Å². The third kappa shape index (κ3) is 4.53. The molecule has 6 heteroatoms. The first-order chi connectivity index (χ1) is 10.1. The fourth-order valence-electron chi connectivity index (χ4n) is 2.60. The van der Waals surface area contributed by atoms with Crippen LogP contribution in [0.1, 0.15) is 24.8 Å². The Kier molecular flexibility index (Phi) is 5.27. The molecular formula is C15H21N3O3. The van der Waals surface area contributed by atoms with Crippen molar-refractivity contribution in [2.24, 2.45) is 0 Å². The van der Waals surface area contributed by atoms with Crippen molar-refractivity contribution in [1.29, 1.82) is 0 Å². The lowest BCUT2D eigenvalue weighted by Gasteiger charge is -2.28. The number of likely N-dealkylation sites (N-methyl/N-ethyl adjacent to an activating group) is 1. The molecule has 0 radical (unpaired) electrons. The Morgan fingerprint density at radius 2 is 2.29 bits per heavy atom. The Morgan fingerprint density at radius 1 is 1.48 bits per heavy atom. The largest absolute Gasteiger partial charge is 0.344 e. The van der Waals surface area contributed by atoms with Crippen molar-refractivity contribution in [3.8, 4) is 0 Å². The monoisotopic (exact) mass is 291 g/mol. The Labute approximate surface area is 124 Å². The van der Waals surface area contributed by atoms with Crippen molar-refractivity contribution in [1.82, 2.24) is 10.2 Å². The molecule has 1 amide bonds. The van der Waals surface area contributed by atoms with Crippen LogP contribution in [0.25, 0.3) is 0 Å². The molecule has 1 aliphatic rings. The van der Waals surface area contributed by atoms with Crippen molar-refractivity contribution in [2.75, 3.05) is 20.1 Å². The van der Waals surface area contributed by atoms with Gasteiger partial charge in [0.25, 0.3) is 5.69 Å². The number of nitro groups is 1. The summed E-state index contributed by atoms with van der Waals surface area (Å²) in [5.74, 6) is -0.0112. The molecule has 6 nitrogen and oxygen atoms in total. The van der Waals surface area contributed by atoms with E-state index in [1.165, 1.54) is 25.0 Å². The van der Waals surface area contributed by atoms with Gasteiger partial charge in [0.15, 0.2) is 0 Å². The maximum atomic E-state index is 12.2. The number of carbonyl (C=O) groups excluding carboxylic acids is 1. The topological polar surface area (TPSA) is 75.5 Å². The molecule has 1 fully saturated rings. The van der Waals surface area contributed by atoms with Crippen LogP contribution in [0.3, 0.4) is 0 Å². The number of rotatable bonds is 5. The highest BCUT2D eigenvalue weighted by Gasteiger charge is 2.18. The van der Waals surface area contributed by atoms with Crippen LogP contribution in [0.2, 0.25) is 0 Å². The summed E-state index contributed by atoms with van der Waals surface area (Å²) >= 11 is 0. The van der Waals surface area contributed by atoms with Gasteiger partial charge in [0.05, 0.1) is 11.3 Å². The first-order valence-corrected chi connectivity index (χ1v) is 7.27. The van der Waals surface area contributed by atoms with Crippen molar-refractivity contribution < 1.29 is 9.72 Å². The van der Waals surface area contributed by atoms with Gasteiger partial charge in [-0.05, 0) is 24.9 Å². The zero-order chi connectivity index (χ0) is 15.2. The number of amides is 1. The molecule has 1 aromatic carbocycles. The molecule has 0 bridgehead atoms. The lowest BCUT2D eigenvalue weighted by molar-refractivity contribution is -0.384. The summed E-state index contributed by atoms with van der Waals surface area (Å²) < 4.78 is 0. The van der Waals surface area contributed by atoms with E-state index in [-0.39, 0.29) is 18.0 Å². The quantitative estimate of drug-likeness (QED) is 0.662. The molecule has 0 spiro atoms. The van der Waals surface area contributed by atoms with Crippen LogP contribution in [0.5, 0.6) is 0 Å². The third-order valence-corrected chi connectivity index (χ3v) is 3.81. The molecule has 0 saturated carbocycles. The van der Waals surface area contributed by atoms with Crippen LogP contribution in [-0.4, -0.2) is 41.9 Å². The number of hydrogen-bond acceptors (Lipinski definition) is 4. The zero-order valence-electron chi connectivity index (χ0n) is 12.2. The number of benzene rings is 1. The number of nitrogens with one attached hydrogen (secondary N) is 1. The third-order valence-electron chi connectivity index (χ3n) is 3.81. The minimum absolute atomic E-state index is 0.0112. The standard InChI is InChI=1S/C15H21N3O3/c1-17(11-13-6-2-3-8-16-13)15(19)10-12-5-4-7-14(9-12)18(20)21/h4-5,7,9,13,16H,2-3,6,8,10-11H2,1H3. The molecule has 1 saturated heterocycles. The molecule has 1 N–H and O–H groups in total. The summed E-state index contributed by atoms with van der Waals surface area (Å²) in [4.78, 5) is 24.2. The zero-order valence-corrected chi connectivity index (χ0v) is 12.2. The van der Waals surface area contributed by atoms with Gasteiger partial charge in [-0.1, -0.05) is 18.6 Å². The van der Waals surface area contributed by atoms with Crippen molar-refractivity contribution in [2.45, 2.75) is 31.7 Å². The first kappa shape index (κ1) is 15.4. The van der Waals surface area contributed by atoms with E-state index in [1.807, 2.05) is 0 Å². The number of non-ortho nitro benzene ring substituents is 1. The van der Waals surface area contributed by atoms with E-state index in [2.05, 4.69) is 5.32 Å². The minimum Gasteiger partial charge on any atom is -0.344 e. The van der Waals surface area contributed by atoms with Crippen LogP contribution >= 0.6 is 0 Å². The van der Waals surface area contributed by atoms with Gasteiger partial charge < -0.3 is 10.2 Å². The highest BCUT2D eigenvalue weighted by Crippen LogP contribution is 2.14. The molecule has 114 valence electrons. The van der Waals surface area contributed by atoms with Gasteiger partial charge in [-0.3, -0.25) is 14.9 Å². The summed E-state index contributed by atoms with van der Waals surface area (Å²) in [6, 6.07) is 6.62. The lowest BCUT2D eigenvalue weighted by Crippen LogP contribution is -2.44. The molecule has 1 aliphatic heterocycles. The normalized spacial score (nSPS) is 18.2. The number of hydrogen-bond donors (Lipinski definition) is 1. The van der Waals surface area contributed by atoms with E-state index in [4.69, 9.17) is 0 Å². The molecule has 1 atom stereocenters. The van der Waals surface area contributed by atoms with Gasteiger partial charge in [-0.25, -0.2) is 0 Å². The molecule has 1 unspecified atom stereocenters. The number of nitrogens with zero attached hydrogens (tertiary/aromatic N) is 2. The molecule has 2 rings (SSSR count). The van der Waals surface area contributed by atoms with Gasteiger partial charge in [0.1, 0.15) is 0 Å². The maximum absolute atomic E-state index is 12.2. The van der Waals surface area contributed by atoms with E-state index in [0.29, 0.717) is 18.2 Å². The Bertz CT molecular complexity index is 513. The number of carbonyl (C=O) groups is 1. The van der Waals surface area contributed by atoms with Crippen LogP contribution in [-0.2, 0) is 11.2 Å². The van der Waals surface area contributed by atoms with E-state index in [1.54, 1.807) is 24.1 Å². The van der Waals surface area contributed by atoms with Crippen LogP contribution in [0.15, 0.2) is 24.3 Å².